The van der Waals surface area contributed by atoms with E-state index in [-0.39, 0.29) is 17.7 Å². The first-order valence-corrected chi connectivity index (χ1v) is 9.86. The second-order valence-electron chi connectivity index (χ2n) is 7.31. The maximum absolute atomic E-state index is 12.9. The van der Waals surface area contributed by atoms with Crippen LogP contribution in [0.5, 0.6) is 0 Å². The van der Waals surface area contributed by atoms with Crippen LogP contribution in [0.25, 0.3) is 0 Å². The molecular weight excluding hydrogens is 354 g/mol. The lowest BCUT2D eigenvalue weighted by Crippen LogP contribution is -2.53. The van der Waals surface area contributed by atoms with Crippen LogP contribution in [0.15, 0.2) is 48.9 Å². The molecule has 1 aromatic heterocycles. The van der Waals surface area contributed by atoms with Crippen molar-refractivity contribution in [3.05, 3.63) is 54.5 Å². The van der Waals surface area contributed by atoms with Crippen LogP contribution in [-0.2, 0) is 4.79 Å². The molecule has 4 rings (SSSR count). The van der Waals surface area contributed by atoms with E-state index in [0.717, 1.165) is 31.7 Å². The number of hydrogen-bond donors (Lipinski definition) is 0. The summed E-state index contributed by atoms with van der Waals surface area (Å²) < 4.78 is 0. The number of amides is 2. The van der Waals surface area contributed by atoms with Crippen LogP contribution in [-0.4, -0.2) is 70.9 Å². The maximum atomic E-state index is 12.9. The van der Waals surface area contributed by atoms with Gasteiger partial charge in [0, 0.05) is 63.1 Å². The Morgan fingerprint density at radius 2 is 1.54 bits per heavy atom. The highest BCUT2D eigenvalue weighted by Gasteiger charge is 2.31. The van der Waals surface area contributed by atoms with Crippen LogP contribution < -0.4 is 4.90 Å². The summed E-state index contributed by atoms with van der Waals surface area (Å²) in [7, 11) is 0. The molecule has 0 unspecified atom stereocenters. The van der Waals surface area contributed by atoms with Gasteiger partial charge in [-0.3, -0.25) is 14.6 Å². The topological polar surface area (TPSA) is 69.6 Å². The second kappa shape index (κ2) is 8.37. The number of carbonyl (C=O) groups is 2. The van der Waals surface area contributed by atoms with Crippen LogP contribution in [0.4, 0.5) is 5.82 Å². The predicted octanol–water partition coefficient (Wildman–Crippen LogP) is 1.68. The van der Waals surface area contributed by atoms with E-state index in [2.05, 4.69) is 14.9 Å². The predicted molar refractivity (Wildman–Crippen MR) is 106 cm³/mol. The summed E-state index contributed by atoms with van der Waals surface area (Å²) in [6, 6.07) is 9.33. The summed E-state index contributed by atoms with van der Waals surface area (Å²) >= 11 is 0. The molecule has 0 bridgehead atoms. The van der Waals surface area contributed by atoms with Gasteiger partial charge in [0.1, 0.15) is 5.82 Å². The molecule has 0 radical (unpaired) electrons. The van der Waals surface area contributed by atoms with E-state index in [1.807, 2.05) is 40.1 Å². The molecule has 2 aliphatic rings. The third-order valence-electron chi connectivity index (χ3n) is 5.62. The fourth-order valence-corrected chi connectivity index (χ4v) is 3.96. The lowest BCUT2D eigenvalue weighted by Gasteiger charge is -2.38. The molecule has 2 fully saturated rings. The zero-order chi connectivity index (χ0) is 19.3. The van der Waals surface area contributed by atoms with Crippen molar-refractivity contribution < 1.29 is 9.59 Å². The molecule has 2 aliphatic heterocycles. The van der Waals surface area contributed by atoms with E-state index in [1.54, 1.807) is 18.6 Å². The number of piperazine rings is 1. The van der Waals surface area contributed by atoms with Gasteiger partial charge in [0.25, 0.3) is 5.91 Å². The first kappa shape index (κ1) is 18.4. The van der Waals surface area contributed by atoms with Crippen molar-refractivity contribution >= 4 is 17.6 Å². The summed E-state index contributed by atoms with van der Waals surface area (Å²) in [5, 5.41) is 0. The van der Waals surface area contributed by atoms with E-state index in [4.69, 9.17) is 0 Å². The number of aromatic nitrogens is 2. The highest BCUT2D eigenvalue weighted by molar-refractivity contribution is 5.94. The molecule has 0 aliphatic carbocycles. The minimum atomic E-state index is 0.0463. The van der Waals surface area contributed by atoms with Crippen molar-refractivity contribution in [1.29, 1.82) is 0 Å². The van der Waals surface area contributed by atoms with Gasteiger partial charge >= 0.3 is 0 Å². The zero-order valence-electron chi connectivity index (χ0n) is 15.9. The van der Waals surface area contributed by atoms with Gasteiger partial charge in [-0.2, -0.15) is 0 Å². The first-order valence-electron chi connectivity index (χ1n) is 9.86. The van der Waals surface area contributed by atoms with Crippen molar-refractivity contribution in [2.24, 2.45) is 5.92 Å². The Hall–Kier alpha value is -2.96. The number of nitrogens with zero attached hydrogens (tertiary/aromatic N) is 5. The van der Waals surface area contributed by atoms with Crippen molar-refractivity contribution in [3.8, 4) is 0 Å². The lowest BCUT2D eigenvalue weighted by molar-refractivity contribution is -0.137. The SMILES string of the molecule is O=C(c1ccccc1)N1CCN(C(=O)C2CCN(c3cnccn3)CC2)CC1. The van der Waals surface area contributed by atoms with Gasteiger partial charge in [-0.25, -0.2) is 4.98 Å². The number of piperidine rings is 1. The van der Waals surface area contributed by atoms with E-state index in [9.17, 15) is 9.59 Å². The van der Waals surface area contributed by atoms with Gasteiger partial charge in [-0.15, -0.1) is 0 Å². The average Bonchev–Trinajstić information content (AvgIpc) is 2.79. The zero-order valence-corrected chi connectivity index (χ0v) is 15.9. The molecular formula is C21H25N5O2. The molecule has 2 aromatic rings. The quantitative estimate of drug-likeness (QED) is 0.812. The molecule has 2 amide bonds. The monoisotopic (exact) mass is 379 g/mol. The first-order chi connectivity index (χ1) is 13.7. The maximum Gasteiger partial charge on any atom is 0.253 e. The normalized spacial score (nSPS) is 18.2. The number of carbonyl (C=O) groups excluding carboxylic acids is 2. The smallest absolute Gasteiger partial charge is 0.253 e. The van der Waals surface area contributed by atoms with Crippen LogP contribution in [0, 0.1) is 5.92 Å². The van der Waals surface area contributed by atoms with Crippen LogP contribution in [0.3, 0.4) is 0 Å². The van der Waals surface area contributed by atoms with Crippen molar-refractivity contribution in [1.82, 2.24) is 19.8 Å². The molecule has 0 atom stereocenters. The minimum absolute atomic E-state index is 0.0463. The molecule has 0 N–H and O–H groups in total. The summed E-state index contributed by atoms with van der Waals surface area (Å²) in [4.78, 5) is 39.9. The average molecular weight is 379 g/mol. The minimum Gasteiger partial charge on any atom is -0.355 e. The highest BCUT2D eigenvalue weighted by Crippen LogP contribution is 2.23. The largest absolute Gasteiger partial charge is 0.355 e. The Bertz CT molecular complexity index is 798. The fraction of sp³-hybridized carbons (Fsp3) is 0.429. The number of benzene rings is 1. The molecule has 146 valence electrons. The molecule has 0 saturated carbocycles. The van der Waals surface area contributed by atoms with E-state index < -0.39 is 0 Å². The van der Waals surface area contributed by atoms with Gasteiger partial charge in [-0.05, 0) is 25.0 Å². The molecule has 3 heterocycles. The van der Waals surface area contributed by atoms with Gasteiger partial charge in [0.05, 0.1) is 6.20 Å². The Balaban J connectivity index is 1.27. The summed E-state index contributed by atoms with van der Waals surface area (Å²) in [6.07, 6.45) is 6.80. The van der Waals surface area contributed by atoms with Gasteiger partial charge in [0.15, 0.2) is 0 Å². The van der Waals surface area contributed by atoms with Crippen LogP contribution >= 0.6 is 0 Å². The lowest BCUT2D eigenvalue weighted by atomic mass is 9.95. The van der Waals surface area contributed by atoms with Crippen molar-refractivity contribution in [2.75, 3.05) is 44.2 Å². The molecule has 28 heavy (non-hydrogen) atoms. The van der Waals surface area contributed by atoms with E-state index in [0.29, 0.717) is 31.7 Å². The summed E-state index contributed by atoms with van der Waals surface area (Å²) in [5.41, 5.74) is 0.707. The van der Waals surface area contributed by atoms with Crippen LogP contribution in [0.2, 0.25) is 0 Å². The van der Waals surface area contributed by atoms with Gasteiger partial charge in [0.2, 0.25) is 5.91 Å². The highest BCUT2D eigenvalue weighted by atomic mass is 16.2. The Morgan fingerprint density at radius 1 is 0.857 bits per heavy atom. The molecule has 2 saturated heterocycles. The molecule has 0 spiro atoms. The van der Waals surface area contributed by atoms with E-state index >= 15 is 0 Å². The number of hydrogen-bond acceptors (Lipinski definition) is 5. The summed E-state index contributed by atoms with van der Waals surface area (Å²) in [6.45, 7) is 4.06. The standard InChI is InChI=1S/C21H25N5O2/c27-20(17-4-2-1-3-5-17)25-12-14-26(15-13-25)21(28)18-6-10-24(11-7-18)19-16-22-8-9-23-19/h1-5,8-9,16,18H,6-7,10-15H2. The molecule has 7 heteroatoms. The third kappa shape index (κ3) is 3.98. The fourth-order valence-electron chi connectivity index (χ4n) is 3.96. The number of anilines is 1. The Labute approximate surface area is 165 Å². The van der Waals surface area contributed by atoms with Crippen LogP contribution in [0.1, 0.15) is 23.2 Å². The number of rotatable bonds is 3. The Kier molecular flexibility index (Phi) is 5.50. The summed E-state index contributed by atoms with van der Waals surface area (Å²) in [5.74, 6) is 1.21. The Morgan fingerprint density at radius 3 is 2.18 bits per heavy atom. The molecule has 1 aromatic carbocycles. The van der Waals surface area contributed by atoms with Crippen molar-refractivity contribution in [3.63, 3.8) is 0 Å². The third-order valence-corrected chi connectivity index (χ3v) is 5.62. The van der Waals surface area contributed by atoms with E-state index in [1.165, 1.54) is 0 Å². The van der Waals surface area contributed by atoms with Crippen molar-refractivity contribution in [2.45, 2.75) is 12.8 Å². The molecule has 7 nitrogen and oxygen atoms in total. The second-order valence-corrected chi connectivity index (χ2v) is 7.31. The van der Waals surface area contributed by atoms with Gasteiger partial charge < -0.3 is 14.7 Å². The van der Waals surface area contributed by atoms with Gasteiger partial charge in [-0.1, -0.05) is 18.2 Å².